The second-order valence-corrected chi connectivity index (χ2v) is 21.8. The van der Waals surface area contributed by atoms with E-state index in [2.05, 4.69) is 65.9 Å². The number of likely N-dealkylation sites (tertiary alicyclic amines) is 2. The predicted molar refractivity (Wildman–Crippen MR) is 244 cm³/mol. The van der Waals surface area contributed by atoms with Crippen LogP contribution in [0.4, 0.5) is 0 Å². The summed E-state index contributed by atoms with van der Waals surface area (Å²) < 4.78 is 27.0. The number of thiophene rings is 1. The first-order valence-corrected chi connectivity index (χ1v) is 25.5. The van der Waals surface area contributed by atoms with Crippen LogP contribution in [0.2, 0.25) is 0 Å². The highest BCUT2D eigenvalue weighted by atomic mass is 32.2. The van der Waals surface area contributed by atoms with Gasteiger partial charge in [0.05, 0.1) is 29.6 Å². The van der Waals surface area contributed by atoms with Crippen LogP contribution in [0.5, 0.6) is 11.5 Å². The molecule has 2 spiro atoms. The van der Waals surface area contributed by atoms with Crippen molar-refractivity contribution < 1.29 is 28.4 Å². The number of benzene rings is 3. The lowest BCUT2D eigenvalue weighted by Gasteiger charge is -2.41. The zero-order valence-electron chi connectivity index (χ0n) is 35.1. The first-order valence-electron chi connectivity index (χ1n) is 22.2. The molecule has 61 heavy (non-hydrogen) atoms. The first-order chi connectivity index (χ1) is 29.7. The Morgan fingerprint density at radius 3 is 1.92 bits per heavy atom. The summed E-state index contributed by atoms with van der Waals surface area (Å²) in [7, 11) is -0.474. The number of ether oxygens (including phenoxy) is 2. The van der Waals surface area contributed by atoms with E-state index in [4.69, 9.17) is 30.2 Å². The third-order valence-electron chi connectivity index (χ3n) is 15.8. The maximum atomic E-state index is 14.5. The molecule has 2 saturated carbocycles. The van der Waals surface area contributed by atoms with E-state index < -0.39 is 7.12 Å². The predicted octanol–water partition coefficient (Wildman–Crippen LogP) is 6.32. The van der Waals surface area contributed by atoms with Crippen molar-refractivity contribution in [1.82, 2.24) is 9.80 Å². The molecule has 0 bridgehead atoms. The van der Waals surface area contributed by atoms with Crippen LogP contribution in [-0.4, -0.2) is 98.1 Å². The number of thioether (sulfide) groups is 2. The number of piperidine rings is 2. The van der Waals surface area contributed by atoms with E-state index in [1.165, 1.54) is 11.1 Å². The number of carbonyl (C=O) groups is 2. The van der Waals surface area contributed by atoms with Gasteiger partial charge in [-0.15, -0.1) is 23.1 Å². The van der Waals surface area contributed by atoms with Crippen molar-refractivity contribution in [3.05, 3.63) is 81.7 Å². The molecule has 5 fully saturated rings. The fourth-order valence-corrected chi connectivity index (χ4v) is 15.2. The van der Waals surface area contributed by atoms with Crippen molar-refractivity contribution in [2.24, 2.45) is 29.2 Å². The van der Waals surface area contributed by atoms with Crippen LogP contribution >= 0.6 is 34.9 Å². The van der Waals surface area contributed by atoms with E-state index in [1.807, 2.05) is 22.7 Å². The standard InChI is InChI=1S/C47H55BN4O6S3/c1-59-41-22-33(43(53)51-13-9-46(10-14-51)25-55-37-7-3-27(23-49)17-35(37)46)31-20-39-40(21-32(31)41)58-48(57-39)29-5-6-30-34(19-29)45(60-2)61-42(30)44(54)52-15-11-47(12-16-52)26-56-38-8-4-28(24-50)18-36(38)47/h3-8,17-19,31-33,39-41H,9-16,20-26,49-50H2,1-2H3. The lowest BCUT2D eigenvalue weighted by atomic mass is 9.73. The van der Waals surface area contributed by atoms with Gasteiger partial charge in [0.1, 0.15) is 16.4 Å². The zero-order chi connectivity index (χ0) is 41.6. The molecular weight excluding hydrogens is 824 g/mol. The minimum absolute atomic E-state index is 0.00213. The average molecular weight is 879 g/mol. The molecule has 2 amide bonds. The van der Waals surface area contributed by atoms with Crippen LogP contribution in [0.15, 0.2) is 58.8 Å². The smallest absolute Gasteiger partial charge is 0.492 e. The quantitative estimate of drug-likeness (QED) is 0.161. The summed E-state index contributed by atoms with van der Waals surface area (Å²) in [6, 6.07) is 19.0. The molecule has 1 aromatic heterocycles. The summed E-state index contributed by atoms with van der Waals surface area (Å²) >= 11 is 5.20. The van der Waals surface area contributed by atoms with E-state index in [-0.39, 0.29) is 40.8 Å². The molecule has 6 unspecified atom stereocenters. The van der Waals surface area contributed by atoms with Crippen LogP contribution in [-0.2, 0) is 38.0 Å². The number of hydrogen-bond acceptors (Lipinski definition) is 11. The Morgan fingerprint density at radius 1 is 0.754 bits per heavy atom. The van der Waals surface area contributed by atoms with Crippen LogP contribution in [0.25, 0.3) is 10.8 Å². The highest BCUT2D eigenvalue weighted by Crippen LogP contribution is 2.54. The number of fused-ring (bicyclic) bond motifs is 7. The summed E-state index contributed by atoms with van der Waals surface area (Å²) in [5.41, 5.74) is 17.6. The van der Waals surface area contributed by atoms with E-state index in [1.54, 1.807) is 23.1 Å². The minimum atomic E-state index is -0.474. The molecule has 3 aromatic carbocycles. The topological polar surface area (TPSA) is 130 Å². The van der Waals surface area contributed by atoms with Gasteiger partial charge in [-0.1, -0.05) is 42.5 Å². The SMILES string of the molecule is CSc1sc(C(=O)N2CCC3(CC2)COc2ccc(CN)cc23)c2ccc(B3OC4CC5C(SC)CC(C(=O)N6CCC7(CC6)COc6ccc(CN)cc67)C5CC4O3)cc12. The molecule has 5 aliphatic heterocycles. The minimum Gasteiger partial charge on any atom is -0.492 e. The number of carbonyl (C=O) groups excluding carboxylic acids is 2. The van der Waals surface area contributed by atoms with E-state index in [9.17, 15) is 9.59 Å². The molecular formula is C47H55BN4O6S3. The molecule has 320 valence electrons. The Bertz CT molecular complexity index is 2380. The van der Waals surface area contributed by atoms with Gasteiger partial charge in [-0.25, -0.2) is 0 Å². The maximum Gasteiger partial charge on any atom is 0.494 e. The number of amides is 2. The fourth-order valence-electron chi connectivity index (χ4n) is 12.2. The van der Waals surface area contributed by atoms with Crippen molar-refractivity contribution in [1.29, 1.82) is 0 Å². The van der Waals surface area contributed by atoms with Gasteiger partial charge in [-0.05, 0) is 98.0 Å². The maximum absolute atomic E-state index is 14.5. The lowest BCUT2D eigenvalue weighted by Crippen LogP contribution is -2.49. The third-order valence-corrected chi connectivity index (χ3v) is 19.3. The molecule has 4 aromatic rings. The number of nitrogens with zero attached hydrogens (tertiary/aromatic N) is 2. The third kappa shape index (κ3) is 6.67. The average Bonchev–Trinajstić information content (AvgIpc) is 4.13. The van der Waals surface area contributed by atoms with Gasteiger partial charge in [0.25, 0.3) is 5.91 Å². The van der Waals surface area contributed by atoms with Gasteiger partial charge in [0.2, 0.25) is 5.91 Å². The Morgan fingerprint density at radius 2 is 1.34 bits per heavy atom. The van der Waals surface area contributed by atoms with Gasteiger partial charge in [0, 0.05) is 83.2 Å². The van der Waals surface area contributed by atoms with Crippen molar-refractivity contribution in [2.45, 2.75) is 90.5 Å². The molecule has 6 heterocycles. The summed E-state index contributed by atoms with van der Waals surface area (Å²) in [4.78, 5) is 33.7. The van der Waals surface area contributed by atoms with Crippen LogP contribution in [0, 0.1) is 17.8 Å². The molecule has 7 aliphatic rings. The van der Waals surface area contributed by atoms with Crippen molar-refractivity contribution in [3.8, 4) is 11.5 Å². The van der Waals surface area contributed by atoms with Crippen molar-refractivity contribution >= 4 is 70.0 Å². The Balaban J connectivity index is 0.761. The Hall–Kier alpha value is -3.24. The summed E-state index contributed by atoms with van der Waals surface area (Å²) in [5, 5.41) is 2.51. The van der Waals surface area contributed by atoms with Gasteiger partial charge < -0.3 is 40.0 Å². The van der Waals surface area contributed by atoms with Gasteiger partial charge in [-0.3, -0.25) is 9.59 Å². The van der Waals surface area contributed by atoms with Crippen LogP contribution in [0.3, 0.4) is 0 Å². The van der Waals surface area contributed by atoms with Crippen molar-refractivity contribution in [3.63, 3.8) is 0 Å². The second-order valence-electron chi connectivity index (χ2n) is 18.6. The van der Waals surface area contributed by atoms with E-state index in [0.29, 0.717) is 56.5 Å². The zero-order valence-corrected chi connectivity index (χ0v) is 37.5. The molecule has 14 heteroatoms. The molecule has 3 saturated heterocycles. The van der Waals surface area contributed by atoms with Crippen LogP contribution in [0.1, 0.15) is 76.9 Å². The highest BCUT2D eigenvalue weighted by Gasteiger charge is 2.56. The molecule has 11 rings (SSSR count). The normalized spacial score (nSPS) is 28.2. The van der Waals surface area contributed by atoms with Gasteiger partial charge in [-0.2, -0.15) is 11.8 Å². The van der Waals surface area contributed by atoms with Crippen molar-refractivity contribution in [2.75, 3.05) is 51.9 Å². The number of nitrogens with two attached hydrogens (primary N) is 2. The monoisotopic (exact) mass is 878 g/mol. The molecule has 0 radical (unpaired) electrons. The Kier molecular flexibility index (Phi) is 10.5. The number of hydrogen-bond donors (Lipinski definition) is 2. The number of rotatable bonds is 7. The highest BCUT2D eigenvalue weighted by molar-refractivity contribution is 8.00. The van der Waals surface area contributed by atoms with Gasteiger partial charge in [0.15, 0.2) is 0 Å². The van der Waals surface area contributed by atoms with E-state index >= 15 is 0 Å². The molecule has 10 nitrogen and oxygen atoms in total. The second kappa shape index (κ2) is 15.8. The largest absolute Gasteiger partial charge is 0.494 e. The summed E-state index contributed by atoms with van der Waals surface area (Å²) in [5.74, 6) is 3.08. The molecule has 6 atom stereocenters. The molecule has 2 aliphatic carbocycles. The summed E-state index contributed by atoms with van der Waals surface area (Å²) in [6.07, 6.45) is 10.5. The van der Waals surface area contributed by atoms with Gasteiger partial charge >= 0.3 is 7.12 Å². The summed E-state index contributed by atoms with van der Waals surface area (Å²) in [6.45, 7) is 5.27. The molecule has 4 N–H and O–H groups in total. The lowest BCUT2D eigenvalue weighted by molar-refractivity contribution is -0.139. The first kappa shape index (κ1) is 40.5. The fraction of sp³-hybridized carbons (Fsp3) is 0.532. The Labute approximate surface area is 371 Å². The van der Waals surface area contributed by atoms with E-state index in [0.717, 1.165) is 106 Å². The van der Waals surface area contributed by atoms with Crippen LogP contribution < -0.4 is 26.4 Å².